The molecule has 1 rings (SSSR count). The number of hydrogen-bond acceptors (Lipinski definition) is 2. The summed E-state index contributed by atoms with van der Waals surface area (Å²) >= 11 is 5.64. The molecular formula is C13H19ClFNO. The van der Waals surface area contributed by atoms with Gasteiger partial charge in [0.15, 0.2) is 0 Å². The van der Waals surface area contributed by atoms with Gasteiger partial charge in [-0.3, -0.25) is 0 Å². The second-order valence-corrected chi connectivity index (χ2v) is 4.33. The molecule has 2 nitrogen and oxygen atoms in total. The van der Waals surface area contributed by atoms with Gasteiger partial charge in [0.1, 0.15) is 5.82 Å². The maximum atomic E-state index is 13.3. The molecule has 0 heterocycles. The molecule has 96 valence electrons. The zero-order chi connectivity index (χ0) is 12.7. The molecule has 0 aromatic heterocycles. The predicted molar refractivity (Wildman–Crippen MR) is 69.1 cm³/mol. The van der Waals surface area contributed by atoms with Gasteiger partial charge in [-0.25, -0.2) is 4.39 Å². The second kappa shape index (κ2) is 7.64. The van der Waals surface area contributed by atoms with Gasteiger partial charge in [-0.15, -0.1) is 0 Å². The van der Waals surface area contributed by atoms with Crippen LogP contribution in [0.3, 0.4) is 0 Å². The van der Waals surface area contributed by atoms with Crippen LogP contribution in [0.2, 0.25) is 5.02 Å². The minimum absolute atomic E-state index is 0.170. The molecule has 0 saturated carbocycles. The lowest BCUT2D eigenvalue weighted by Crippen LogP contribution is -2.29. The van der Waals surface area contributed by atoms with Crippen molar-refractivity contribution >= 4 is 11.6 Å². The van der Waals surface area contributed by atoms with Crippen molar-refractivity contribution in [2.75, 3.05) is 20.3 Å². The Bertz CT molecular complexity index is 346. The van der Waals surface area contributed by atoms with Crippen molar-refractivity contribution in [2.45, 2.75) is 25.8 Å². The van der Waals surface area contributed by atoms with E-state index < -0.39 is 0 Å². The maximum Gasteiger partial charge on any atom is 0.142 e. The summed E-state index contributed by atoms with van der Waals surface area (Å²) in [6.07, 6.45) is 1.69. The van der Waals surface area contributed by atoms with Crippen LogP contribution >= 0.6 is 11.6 Å². The van der Waals surface area contributed by atoms with Gasteiger partial charge in [0, 0.05) is 19.3 Å². The number of nitrogens with one attached hydrogen (secondary N) is 1. The van der Waals surface area contributed by atoms with Crippen LogP contribution in [0.25, 0.3) is 0 Å². The van der Waals surface area contributed by atoms with Crippen LogP contribution in [0.5, 0.6) is 0 Å². The van der Waals surface area contributed by atoms with E-state index in [2.05, 4.69) is 5.32 Å². The van der Waals surface area contributed by atoms with Gasteiger partial charge in [0.25, 0.3) is 0 Å². The second-order valence-electron chi connectivity index (χ2n) is 3.92. The number of halogens is 2. The molecule has 0 bridgehead atoms. The summed E-state index contributed by atoms with van der Waals surface area (Å²) in [5, 5.41) is 3.38. The van der Waals surface area contributed by atoms with Gasteiger partial charge < -0.3 is 10.1 Å². The summed E-state index contributed by atoms with van der Waals surface area (Å²) in [6.45, 7) is 3.42. The van der Waals surface area contributed by atoms with Crippen LogP contribution in [-0.4, -0.2) is 26.3 Å². The standard InChI is InChI=1S/C13H19ClFNO/c1-3-17-7-6-11(16-2)8-10-4-5-12(14)13(15)9-10/h4-5,9,11,16H,3,6-8H2,1-2H3. The molecule has 0 saturated heterocycles. The molecule has 1 atom stereocenters. The fraction of sp³-hybridized carbons (Fsp3) is 0.538. The van der Waals surface area contributed by atoms with Gasteiger partial charge in [-0.05, 0) is 44.5 Å². The highest BCUT2D eigenvalue weighted by atomic mass is 35.5. The molecule has 1 aromatic carbocycles. The van der Waals surface area contributed by atoms with Crippen molar-refractivity contribution < 1.29 is 9.13 Å². The van der Waals surface area contributed by atoms with Crippen molar-refractivity contribution in [2.24, 2.45) is 0 Å². The fourth-order valence-corrected chi connectivity index (χ4v) is 1.79. The van der Waals surface area contributed by atoms with Crippen LogP contribution < -0.4 is 5.32 Å². The lowest BCUT2D eigenvalue weighted by molar-refractivity contribution is 0.137. The quantitative estimate of drug-likeness (QED) is 0.760. The first-order valence-corrected chi connectivity index (χ1v) is 6.24. The Kier molecular flexibility index (Phi) is 6.48. The Morgan fingerprint density at radius 3 is 2.82 bits per heavy atom. The molecule has 0 aliphatic heterocycles. The Balaban J connectivity index is 2.51. The number of likely N-dealkylation sites (N-methyl/N-ethyl adjacent to an activating group) is 1. The highest BCUT2D eigenvalue weighted by Gasteiger charge is 2.09. The van der Waals surface area contributed by atoms with Gasteiger partial charge in [-0.1, -0.05) is 17.7 Å². The average Bonchev–Trinajstić information content (AvgIpc) is 2.32. The van der Waals surface area contributed by atoms with E-state index in [0.717, 1.165) is 31.6 Å². The third kappa shape index (κ3) is 5.02. The number of hydrogen-bond donors (Lipinski definition) is 1. The molecule has 0 amide bonds. The molecule has 4 heteroatoms. The van der Waals surface area contributed by atoms with Crippen molar-refractivity contribution in [1.29, 1.82) is 0 Å². The Morgan fingerprint density at radius 2 is 2.24 bits per heavy atom. The summed E-state index contributed by atoms with van der Waals surface area (Å²) in [6, 6.07) is 5.24. The van der Waals surface area contributed by atoms with Gasteiger partial charge >= 0.3 is 0 Å². The Labute approximate surface area is 107 Å². The molecule has 1 unspecified atom stereocenters. The summed E-state index contributed by atoms with van der Waals surface area (Å²) in [5.41, 5.74) is 0.947. The molecular weight excluding hydrogens is 241 g/mol. The lowest BCUT2D eigenvalue weighted by atomic mass is 10.0. The number of benzene rings is 1. The van der Waals surface area contributed by atoms with Gasteiger partial charge in [0.05, 0.1) is 5.02 Å². The van der Waals surface area contributed by atoms with Crippen LogP contribution in [0.1, 0.15) is 18.9 Å². The Hall–Kier alpha value is -0.640. The zero-order valence-corrected chi connectivity index (χ0v) is 11.1. The van der Waals surface area contributed by atoms with Crippen LogP contribution in [-0.2, 0) is 11.2 Å². The predicted octanol–water partition coefficient (Wildman–Crippen LogP) is 3.04. The van der Waals surface area contributed by atoms with Gasteiger partial charge in [0.2, 0.25) is 0 Å². The summed E-state index contributed by atoms with van der Waals surface area (Å²) in [5.74, 6) is -0.358. The van der Waals surface area contributed by atoms with E-state index in [1.165, 1.54) is 6.07 Å². The van der Waals surface area contributed by atoms with E-state index in [-0.39, 0.29) is 10.8 Å². The summed E-state index contributed by atoms with van der Waals surface area (Å²) in [4.78, 5) is 0. The smallest absolute Gasteiger partial charge is 0.142 e. The highest BCUT2D eigenvalue weighted by Crippen LogP contribution is 2.17. The summed E-state index contributed by atoms with van der Waals surface area (Å²) < 4.78 is 18.6. The normalized spacial score (nSPS) is 12.7. The topological polar surface area (TPSA) is 21.3 Å². The first-order chi connectivity index (χ1) is 8.17. The number of ether oxygens (including phenoxy) is 1. The first kappa shape index (κ1) is 14.4. The van der Waals surface area contributed by atoms with Crippen LogP contribution in [0, 0.1) is 5.82 Å². The molecule has 17 heavy (non-hydrogen) atoms. The van der Waals surface area contributed by atoms with E-state index in [4.69, 9.17) is 16.3 Å². The van der Waals surface area contributed by atoms with E-state index >= 15 is 0 Å². The molecule has 0 radical (unpaired) electrons. The molecule has 0 aliphatic carbocycles. The van der Waals surface area contributed by atoms with Crippen molar-refractivity contribution in [3.05, 3.63) is 34.6 Å². The van der Waals surface area contributed by atoms with E-state index in [9.17, 15) is 4.39 Å². The lowest BCUT2D eigenvalue weighted by Gasteiger charge is -2.16. The monoisotopic (exact) mass is 259 g/mol. The van der Waals surface area contributed by atoms with Crippen LogP contribution in [0.15, 0.2) is 18.2 Å². The minimum Gasteiger partial charge on any atom is -0.382 e. The first-order valence-electron chi connectivity index (χ1n) is 5.86. The van der Waals surface area contributed by atoms with Crippen molar-refractivity contribution in [3.8, 4) is 0 Å². The van der Waals surface area contributed by atoms with Gasteiger partial charge in [-0.2, -0.15) is 0 Å². The van der Waals surface area contributed by atoms with E-state index in [1.807, 2.05) is 20.0 Å². The molecule has 0 aliphatic rings. The maximum absolute atomic E-state index is 13.3. The summed E-state index contributed by atoms with van der Waals surface area (Å²) in [7, 11) is 1.91. The molecule has 0 fully saturated rings. The van der Waals surface area contributed by atoms with Crippen LogP contribution in [0.4, 0.5) is 4.39 Å². The van der Waals surface area contributed by atoms with E-state index in [1.54, 1.807) is 6.07 Å². The highest BCUT2D eigenvalue weighted by molar-refractivity contribution is 6.30. The zero-order valence-electron chi connectivity index (χ0n) is 10.3. The minimum atomic E-state index is -0.358. The van der Waals surface area contributed by atoms with Crippen molar-refractivity contribution in [1.82, 2.24) is 5.32 Å². The molecule has 0 spiro atoms. The largest absolute Gasteiger partial charge is 0.382 e. The Morgan fingerprint density at radius 1 is 1.47 bits per heavy atom. The number of rotatable bonds is 7. The average molecular weight is 260 g/mol. The molecule has 1 aromatic rings. The van der Waals surface area contributed by atoms with E-state index in [0.29, 0.717) is 6.04 Å². The fourth-order valence-electron chi connectivity index (χ4n) is 1.67. The molecule has 1 N–H and O–H groups in total. The SMILES string of the molecule is CCOCCC(Cc1ccc(Cl)c(F)c1)NC. The third-order valence-corrected chi connectivity index (χ3v) is 3.00. The van der Waals surface area contributed by atoms with Crippen molar-refractivity contribution in [3.63, 3.8) is 0 Å². The third-order valence-electron chi connectivity index (χ3n) is 2.69.